The Morgan fingerprint density at radius 1 is 1.35 bits per heavy atom. The van der Waals surface area contributed by atoms with Gasteiger partial charge in [-0.05, 0) is 11.6 Å². The van der Waals surface area contributed by atoms with Crippen LogP contribution in [0.4, 0.5) is 16.2 Å². The molecule has 20 heavy (non-hydrogen) atoms. The van der Waals surface area contributed by atoms with E-state index in [0.29, 0.717) is 11.4 Å². The van der Waals surface area contributed by atoms with Crippen molar-refractivity contribution in [3.05, 3.63) is 53.3 Å². The van der Waals surface area contributed by atoms with E-state index in [4.69, 9.17) is 22.1 Å². The van der Waals surface area contributed by atoms with Crippen LogP contribution in [0.15, 0.2) is 42.6 Å². The SMILES string of the molecule is CN(C(=O)OCc1ccccc1)c1c(N)ccnc1Cl. The highest BCUT2D eigenvalue weighted by atomic mass is 35.5. The van der Waals surface area contributed by atoms with E-state index in [1.807, 2.05) is 30.3 Å². The van der Waals surface area contributed by atoms with E-state index in [1.165, 1.54) is 18.1 Å². The molecule has 1 aromatic carbocycles. The summed E-state index contributed by atoms with van der Waals surface area (Å²) in [6.45, 7) is 0.182. The number of nitrogens with two attached hydrogens (primary N) is 1. The Bertz CT molecular complexity index is 584. The molecule has 0 spiro atoms. The van der Waals surface area contributed by atoms with Crippen molar-refractivity contribution < 1.29 is 9.53 Å². The summed E-state index contributed by atoms with van der Waals surface area (Å²) in [5, 5.41) is 0.157. The summed E-state index contributed by atoms with van der Waals surface area (Å²) in [6.07, 6.45) is 0.931. The monoisotopic (exact) mass is 291 g/mol. The first-order chi connectivity index (χ1) is 9.59. The van der Waals surface area contributed by atoms with Gasteiger partial charge in [0.15, 0.2) is 5.15 Å². The zero-order valence-electron chi connectivity index (χ0n) is 10.9. The molecule has 2 rings (SSSR count). The van der Waals surface area contributed by atoms with E-state index in [2.05, 4.69) is 4.98 Å². The summed E-state index contributed by atoms with van der Waals surface area (Å²) in [7, 11) is 1.53. The van der Waals surface area contributed by atoms with Crippen molar-refractivity contribution in [2.24, 2.45) is 0 Å². The molecule has 104 valence electrons. The fourth-order valence-corrected chi connectivity index (χ4v) is 1.97. The predicted octanol–water partition coefficient (Wildman–Crippen LogP) is 3.09. The molecule has 0 aliphatic carbocycles. The lowest BCUT2D eigenvalue weighted by Crippen LogP contribution is -2.28. The van der Waals surface area contributed by atoms with Gasteiger partial charge >= 0.3 is 6.09 Å². The number of rotatable bonds is 3. The van der Waals surface area contributed by atoms with Crippen LogP contribution in [0.1, 0.15) is 5.56 Å². The molecular formula is C14H14ClN3O2. The van der Waals surface area contributed by atoms with Crippen LogP contribution in [0, 0.1) is 0 Å². The number of anilines is 2. The normalized spacial score (nSPS) is 10.1. The predicted molar refractivity (Wildman–Crippen MR) is 78.7 cm³/mol. The number of hydrogen-bond acceptors (Lipinski definition) is 4. The Morgan fingerprint density at radius 2 is 2.05 bits per heavy atom. The largest absolute Gasteiger partial charge is 0.444 e. The topological polar surface area (TPSA) is 68.5 Å². The number of halogens is 1. The third kappa shape index (κ3) is 3.19. The van der Waals surface area contributed by atoms with Gasteiger partial charge < -0.3 is 10.5 Å². The summed E-state index contributed by atoms with van der Waals surface area (Å²) in [6, 6.07) is 11.0. The summed E-state index contributed by atoms with van der Waals surface area (Å²) in [5.74, 6) is 0. The molecule has 0 bridgehead atoms. The molecular weight excluding hydrogens is 278 g/mol. The van der Waals surface area contributed by atoms with Crippen molar-refractivity contribution >= 4 is 29.1 Å². The number of ether oxygens (including phenoxy) is 1. The maximum Gasteiger partial charge on any atom is 0.414 e. The highest BCUT2D eigenvalue weighted by Crippen LogP contribution is 2.29. The fourth-order valence-electron chi connectivity index (χ4n) is 1.68. The van der Waals surface area contributed by atoms with E-state index in [9.17, 15) is 4.79 Å². The average molecular weight is 292 g/mol. The van der Waals surface area contributed by atoms with Gasteiger partial charge in [-0.3, -0.25) is 4.90 Å². The minimum Gasteiger partial charge on any atom is -0.444 e. The first-order valence-corrected chi connectivity index (χ1v) is 6.32. The number of amides is 1. The molecule has 0 aliphatic rings. The summed E-state index contributed by atoms with van der Waals surface area (Å²) in [4.78, 5) is 17.1. The van der Waals surface area contributed by atoms with Gasteiger partial charge in [-0.1, -0.05) is 41.9 Å². The standard InChI is InChI=1S/C14H14ClN3O2/c1-18(12-11(16)7-8-17-13(12)15)14(19)20-9-10-5-3-2-4-6-10/h2-8H,9H2,1H3,(H2,16,17). The van der Waals surface area contributed by atoms with Gasteiger partial charge in [0, 0.05) is 13.2 Å². The lowest BCUT2D eigenvalue weighted by atomic mass is 10.2. The van der Waals surface area contributed by atoms with E-state index in [0.717, 1.165) is 5.56 Å². The lowest BCUT2D eigenvalue weighted by molar-refractivity contribution is 0.148. The Kier molecular flexibility index (Phi) is 4.42. The molecule has 2 N–H and O–H groups in total. The maximum absolute atomic E-state index is 12.0. The van der Waals surface area contributed by atoms with E-state index in [-0.39, 0.29) is 11.8 Å². The number of carbonyl (C=O) groups is 1. The molecule has 0 aliphatic heterocycles. The Labute approximate surface area is 121 Å². The number of hydrogen-bond donors (Lipinski definition) is 1. The quantitative estimate of drug-likeness (QED) is 0.882. The van der Waals surface area contributed by atoms with E-state index in [1.54, 1.807) is 6.07 Å². The molecule has 5 nitrogen and oxygen atoms in total. The number of carbonyl (C=O) groups excluding carboxylic acids is 1. The highest BCUT2D eigenvalue weighted by Gasteiger charge is 2.18. The molecule has 1 aromatic heterocycles. The van der Waals surface area contributed by atoms with Crippen LogP contribution in [0.2, 0.25) is 5.15 Å². The van der Waals surface area contributed by atoms with Crippen LogP contribution in [-0.4, -0.2) is 18.1 Å². The van der Waals surface area contributed by atoms with Crippen molar-refractivity contribution in [3.8, 4) is 0 Å². The van der Waals surface area contributed by atoms with Crippen LogP contribution >= 0.6 is 11.6 Å². The van der Waals surface area contributed by atoms with Gasteiger partial charge in [-0.2, -0.15) is 0 Å². The summed E-state index contributed by atoms with van der Waals surface area (Å²) < 4.78 is 5.20. The van der Waals surface area contributed by atoms with Crippen LogP contribution < -0.4 is 10.6 Å². The van der Waals surface area contributed by atoms with Gasteiger partial charge in [0.1, 0.15) is 12.3 Å². The second kappa shape index (κ2) is 6.25. The maximum atomic E-state index is 12.0. The number of nitrogen functional groups attached to an aromatic ring is 1. The smallest absolute Gasteiger partial charge is 0.414 e. The fraction of sp³-hybridized carbons (Fsp3) is 0.143. The molecule has 0 radical (unpaired) electrons. The Morgan fingerprint density at radius 3 is 2.70 bits per heavy atom. The Balaban J connectivity index is 2.06. The highest BCUT2D eigenvalue weighted by molar-refractivity contribution is 6.33. The van der Waals surface area contributed by atoms with Crippen molar-refractivity contribution in [2.75, 3.05) is 17.7 Å². The lowest BCUT2D eigenvalue weighted by Gasteiger charge is -2.19. The summed E-state index contributed by atoms with van der Waals surface area (Å²) >= 11 is 5.95. The minimum atomic E-state index is -0.546. The zero-order valence-corrected chi connectivity index (χ0v) is 11.7. The first kappa shape index (κ1) is 14.1. The van der Waals surface area contributed by atoms with Gasteiger partial charge in [-0.15, -0.1) is 0 Å². The van der Waals surface area contributed by atoms with Gasteiger partial charge in [0.05, 0.1) is 5.69 Å². The van der Waals surface area contributed by atoms with Gasteiger partial charge in [-0.25, -0.2) is 9.78 Å². The van der Waals surface area contributed by atoms with Crippen molar-refractivity contribution in [1.82, 2.24) is 4.98 Å². The second-order valence-electron chi connectivity index (χ2n) is 4.14. The first-order valence-electron chi connectivity index (χ1n) is 5.94. The van der Waals surface area contributed by atoms with Crippen LogP contribution in [0.3, 0.4) is 0 Å². The molecule has 1 amide bonds. The van der Waals surface area contributed by atoms with Crippen LogP contribution in [-0.2, 0) is 11.3 Å². The van der Waals surface area contributed by atoms with E-state index < -0.39 is 6.09 Å². The molecule has 1 heterocycles. The zero-order chi connectivity index (χ0) is 14.5. The Hall–Kier alpha value is -2.27. The van der Waals surface area contributed by atoms with Gasteiger partial charge in [0.25, 0.3) is 0 Å². The molecule has 0 atom stereocenters. The third-order valence-corrected chi connectivity index (χ3v) is 3.00. The summed E-state index contributed by atoms with van der Waals surface area (Å²) in [5.41, 5.74) is 7.40. The van der Waals surface area contributed by atoms with Crippen LogP contribution in [0.5, 0.6) is 0 Å². The van der Waals surface area contributed by atoms with Gasteiger partial charge in [0.2, 0.25) is 0 Å². The molecule has 6 heteroatoms. The van der Waals surface area contributed by atoms with Crippen molar-refractivity contribution in [2.45, 2.75) is 6.61 Å². The third-order valence-electron chi connectivity index (χ3n) is 2.73. The number of pyridine rings is 1. The number of nitrogens with zero attached hydrogens (tertiary/aromatic N) is 2. The number of benzene rings is 1. The molecule has 0 saturated heterocycles. The molecule has 0 saturated carbocycles. The second-order valence-corrected chi connectivity index (χ2v) is 4.50. The van der Waals surface area contributed by atoms with Crippen LogP contribution in [0.25, 0.3) is 0 Å². The van der Waals surface area contributed by atoms with E-state index >= 15 is 0 Å². The van der Waals surface area contributed by atoms with Crippen molar-refractivity contribution in [3.63, 3.8) is 0 Å². The van der Waals surface area contributed by atoms with Crippen molar-refractivity contribution in [1.29, 1.82) is 0 Å². The average Bonchev–Trinajstić information content (AvgIpc) is 2.45. The molecule has 2 aromatic rings. The number of aromatic nitrogens is 1. The molecule has 0 unspecified atom stereocenters. The molecule has 0 fully saturated rings. The minimum absolute atomic E-state index is 0.157.